The lowest BCUT2D eigenvalue weighted by atomic mass is 10.1. The third kappa shape index (κ3) is 3.97. The highest BCUT2D eigenvalue weighted by atomic mass is 32.1. The molecule has 9 heteroatoms. The van der Waals surface area contributed by atoms with Crippen molar-refractivity contribution in [2.75, 3.05) is 23.8 Å². The first-order chi connectivity index (χ1) is 15.1. The molecule has 0 aliphatic carbocycles. The zero-order valence-electron chi connectivity index (χ0n) is 15.9. The van der Waals surface area contributed by atoms with E-state index in [4.69, 9.17) is 9.47 Å². The summed E-state index contributed by atoms with van der Waals surface area (Å²) < 4.78 is 27.3. The first-order valence-electron chi connectivity index (χ1n) is 9.36. The van der Waals surface area contributed by atoms with Gasteiger partial charge in [-0.05, 0) is 53.9 Å². The van der Waals surface area contributed by atoms with Gasteiger partial charge in [-0.15, -0.1) is 22.7 Å². The maximum Gasteiger partial charge on any atom is 0.265 e. The van der Waals surface area contributed by atoms with Gasteiger partial charge in [0.1, 0.15) is 19.0 Å². The Bertz CT molecular complexity index is 1290. The van der Waals surface area contributed by atoms with E-state index in [1.165, 1.54) is 29.5 Å². The van der Waals surface area contributed by atoms with Gasteiger partial charge in [0.05, 0.1) is 10.6 Å². The van der Waals surface area contributed by atoms with Crippen molar-refractivity contribution in [3.8, 4) is 11.5 Å². The molecule has 0 radical (unpaired) electrons. The maximum absolute atomic E-state index is 14.3. The molecule has 5 rings (SSSR count). The molecule has 1 aliphatic rings. The molecule has 156 valence electrons. The van der Waals surface area contributed by atoms with Crippen molar-refractivity contribution in [2.45, 2.75) is 0 Å². The Morgan fingerprint density at radius 1 is 0.871 bits per heavy atom. The van der Waals surface area contributed by atoms with E-state index in [1.54, 1.807) is 35.6 Å². The van der Waals surface area contributed by atoms with Gasteiger partial charge in [-0.25, -0.2) is 4.39 Å². The molecule has 0 unspecified atom stereocenters. The van der Waals surface area contributed by atoms with Crippen molar-refractivity contribution >= 4 is 55.3 Å². The highest BCUT2D eigenvalue weighted by molar-refractivity contribution is 7.27. The fourth-order valence-electron chi connectivity index (χ4n) is 3.15. The Labute approximate surface area is 184 Å². The van der Waals surface area contributed by atoms with Gasteiger partial charge in [0.15, 0.2) is 11.5 Å². The fourth-order valence-corrected chi connectivity index (χ4v) is 5.15. The molecule has 0 spiro atoms. The molecule has 4 aromatic rings. The molecule has 0 fully saturated rings. The lowest BCUT2D eigenvalue weighted by Crippen LogP contribution is -2.17. The molecule has 3 heterocycles. The Balaban J connectivity index is 1.32. The summed E-state index contributed by atoms with van der Waals surface area (Å²) in [6.07, 6.45) is 0. The zero-order chi connectivity index (χ0) is 21.4. The number of fused-ring (bicyclic) bond motifs is 2. The summed E-state index contributed by atoms with van der Waals surface area (Å²) in [4.78, 5) is 25.7. The van der Waals surface area contributed by atoms with Gasteiger partial charge < -0.3 is 20.1 Å². The predicted octanol–water partition coefficient (Wildman–Crippen LogP) is 5.38. The number of nitrogens with one attached hydrogen (secondary N) is 2. The second-order valence-electron chi connectivity index (χ2n) is 6.72. The predicted molar refractivity (Wildman–Crippen MR) is 119 cm³/mol. The summed E-state index contributed by atoms with van der Waals surface area (Å²) in [6, 6.07) is 12.6. The molecule has 2 aromatic heterocycles. The van der Waals surface area contributed by atoms with Gasteiger partial charge in [0.25, 0.3) is 11.8 Å². The highest BCUT2D eigenvalue weighted by Crippen LogP contribution is 2.32. The lowest BCUT2D eigenvalue weighted by Gasteiger charge is -2.18. The van der Waals surface area contributed by atoms with Crippen LogP contribution in [0.4, 0.5) is 15.8 Å². The summed E-state index contributed by atoms with van der Waals surface area (Å²) in [6.45, 7) is 0.882. The van der Waals surface area contributed by atoms with Gasteiger partial charge in [-0.1, -0.05) is 0 Å². The molecule has 2 amide bonds. The van der Waals surface area contributed by atoms with Crippen molar-refractivity contribution in [1.82, 2.24) is 0 Å². The van der Waals surface area contributed by atoms with Crippen LogP contribution >= 0.6 is 22.7 Å². The summed E-state index contributed by atoms with van der Waals surface area (Å²) in [5, 5.41) is 7.25. The number of thiophene rings is 2. The van der Waals surface area contributed by atoms with E-state index in [-0.39, 0.29) is 11.6 Å². The van der Waals surface area contributed by atoms with Crippen LogP contribution in [-0.4, -0.2) is 25.0 Å². The van der Waals surface area contributed by atoms with Gasteiger partial charge >= 0.3 is 0 Å². The minimum atomic E-state index is -0.593. The molecule has 31 heavy (non-hydrogen) atoms. The average molecular weight is 455 g/mol. The van der Waals surface area contributed by atoms with Crippen molar-refractivity contribution in [1.29, 1.82) is 0 Å². The molecule has 2 aromatic carbocycles. The number of benzene rings is 2. The number of anilines is 2. The molecule has 0 saturated carbocycles. The Hall–Kier alpha value is -3.43. The van der Waals surface area contributed by atoms with Crippen LogP contribution in [-0.2, 0) is 0 Å². The maximum atomic E-state index is 14.3. The molecule has 2 N–H and O–H groups in total. The van der Waals surface area contributed by atoms with Gasteiger partial charge in [-0.3, -0.25) is 9.59 Å². The molecule has 0 saturated heterocycles. The van der Waals surface area contributed by atoms with Crippen LogP contribution in [0.1, 0.15) is 20.0 Å². The minimum Gasteiger partial charge on any atom is -0.486 e. The van der Waals surface area contributed by atoms with Crippen LogP contribution < -0.4 is 20.1 Å². The third-order valence-corrected chi connectivity index (χ3v) is 6.73. The third-order valence-electron chi connectivity index (χ3n) is 4.64. The number of ether oxygens (including phenoxy) is 2. The Morgan fingerprint density at radius 2 is 1.71 bits per heavy atom. The summed E-state index contributed by atoms with van der Waals surface area (Å²) in [5.41, 5.74) is 0.711. The van der Waals surface area contributed by atoms with Crippen molar-refractivity contribution in [3.63, 3.8) is 0 Å². The van der Waals surface area contributed by atoms with Gasteiger partial charge in [-0.2, -0.15) is 0 Å². The number of carbonyl (C=O) groups is 2. The summed E-state index contributed by atoms with van der Waals surface area (Å²) in [7, 11) is 0. The molecule has 0 bridgehead atoms. The quantitative estimate of drug-likeness (QED) is 0.434. The number of hydrogen-bond donors (Lipinski definition) is 2. The van der Waals surface area contributed by atoms with Gasteiger partial charge in [0, 0.05) is 20.7 Å². The zero-order valence-corrected chi connectivity index (χ0v) is 17.6. The van der Waals surface area contributed by atoms with E-state index in [9.17, 15) is 14.0 Å². The Morgan fingerprint density at radius 3 is 2.55 bits per heavy atom. The first kappa shape index (κ1) is 19.5. The van der Waals surface area contributed by atoms with E-state index in [2.05, 4.69) is 10.6 Å². The van der Waals surface area contributed by atoms with E-state index in [1.807, 2.05) is 11.4 Å². The second-order valence-corrected chi connectivity index (χ2v) is 8.75. The second kappa shape index (κ2) is 8.01. The summed E-state index contributed by atoms with van der Waals surface area (Å²) in [5.74, 6) is -0.296. The smallest absolute Gasteiger partial charge is 0.265 e. The molecule has 1 aliphatic heterocycles. The lowest BCUT2D eigenvalue weighted by molar-refractivity contribution is 0.102. The van der Waals surface area contributed by atoms with E-state index in [0.717, 1.165) is 9.40 Å². The number of carbonyl (C=O) groups excluding carboxylic acids is 2. The SMILES string of the molecule is O=C(Nc1ccc(F)c(NC(=O)c2cc3sccc3s2)c1)c1ccc2c(c1)OCCO2. The van der Waals surface area contributed by atoms with Gasteiger partial charge in [0.2, 0.25) is 0 Å². The van der Waals surface area contributed by atoms with Crippen LogP contribution in [0, 0.1) is 5.82 Å². The van der Waals surface area contributed by atoms with Crippen molar-refractivity contribution in [2.24, 2.45) is 0 Å². The van der Waals surface area contributed by atoms with Crippen LogP contribution in [0.2, 0.25) is 0 Å². The number of halogens is 1. The van der Waals surface area contributed by atoms with Crippen molar-refractivity contribution < 1.29 is 23.5 Å². The molecule has 0 atom stereocenters. The number of amides is 2. The first-order valence-corrected chi connectivity index (χ1v) is 11.1. The van der Waals surface area contributed by atoms with Crippen LogP contribution in [0.3, 0.4) is 0 Å². The average Bonchev–Trinajstić information content (AvgIpc) is 3.38. The molecule has 6 nitrogen and oxygen atoms in total. The van der Waals surface area contributed by atoms with Crippen LogP contribution in [0.15, 0.2) is 53.9 Å². The normalized spacial score (nSPS) is 12.5. The molecular weight excluding hydrogens is 439 g/mol. The minimum absolute atomic E-state index is 0.0123. The highest BCUT2D eigenvalue weighted by Gasteiger charge is 2.17. The number of hydrogen-bond acceptors (Lipinski definition) is 6. The topological polar surface area (TPSA) is 76.7 Å². The van der Waals surface area contributed by atoms with Crippen molar-refractivity contribution in [3.05, 3.63) is 70.2 Å². The largest absolute Gasteiger partial charge is 0.486 e. The van der Waals surface area contributed by atoms with E-state index in [0.29, 0.717) is 40.8 Å². The monoisotopic (exact) mass is 454 g/mol. The summed E-state index contributed by atoms with van der Waals surface area (Å²) >= 11 is 2.89. The fraction of sp³-hybridized carbons (Fsp3) is 0.0909. The molecular formula is C22H15FN2O4S2. The Kier molecular flexibility index (Phi) is 5.05. The van der Waals surface area contributed by atoms with E-state index >= 15 is 0 Å². The number of rotatable bonds is 4. The van der Waals surface area contributed by atoms with Crippen LogP contribution in [0.25, 0.3) is 9.40 Å². The standard InChI is InChI=1S/C22H15FN2O4S2/c23-14-3-2-13(24-21(26)12-1-4-16-17(9-12)29-7-6-28-16)10-15(14)25-22(27)20-11-19-18(31-20)5-8-30-19/h1-5,8-11H,6-7H2,(H,24,26)(H,25,27). The van der Waals surface area contributed by atoms with E-state index < -0.39 is 11.7 Å². The van der Waals surface area contributed by atoms with Crippen LogP contribution in [0.5, 0.6) is 11.5 Å².